The lowest BCUT2D eigenvalue weighted by Crippen LogP contribution is -2.39. The number of anilines is 1. The molecule has 1 amide bonds. The zero-order valence-electron chi connectivity index (χ0n) is 11.6. The second kappa shape index (κ2) is 5.01. The fourth-order valence-electron chi connectivity index (χ4n) is 2.44. The van der Waals surface area contributed by atoms with Crippen molar-refractivity contribution in [2.45, 2.75) is 34.1 Å². The molecule has 3 nitrogen and oxygen atoms in total. The van der Waals surface area contributed by atoms with Crippen LogP contribution in [0.1, 0.15) is 31.4 Å². The van der Waals surface area contributed by atoms with Gasteiger partial charge in [-0.2, -0.15) is 0 Å². The number of rotatable bonds is 2. The third kappa shape index (κ3) is 2.50. The second-order valence-corrected chi connectivity index (χ2v) is 5.42. The maximum Gasteiger partial charge on any atom is 0.227 e. The highest BCUT2D eigenvalue weighted by atomic mass is 16.5. The van der Waals surface area contributed by atoms with E-state index in [4.69, 9.17) is 4.74 Å². The molecule has 2 rings (SSSR count). The molecule has 0 saturated carbocycles. The number of carbonyl (C=O) groups excluding carboxylic acids is 1. The van der Waals surface area contributed by atoms with Crippen LogP contribution in [-0.4, -0.2) is 19.1 Å². The maximum absolute atomic E-state index is 12.3. The van der Waals surface area contributed by atoms with Crippen molar-refractivity contribution in [3.05, 3.63) is 23.3 Å². The van der Waals surface area contributed by atoms with E-state index in [0.29, 0.717) is 25.5 Å². The summed E-state index contributed by atoms with van der Waals surface area (Å²) in [4.78, 5) is 14.2. The first-order chi connectivity index (χ1) is 8.49. The van der Waals surface area contributed by atoms with Gasteiger partial charge in [0.25, 0.3) is 0 Å². The Morgan fingerprint density at radius 1 is 1.39 bits per heavy atom. The van der Waals surface area contributed by atoms with Crippen molar-refractivity contribution < 1.29 is 9.53 Å². The van der Waals surface area contributed by atoms with Crippen LogP contribution in [0.15, 0.2) is 12.1 Å². The van der Waals surface area contributed by atoms with Gasteiger partial charge in [-0.05, 0) is 37.0 Å². The minimum Gasteiger partial charge on any atom is -0.490 e. The molecule has 0 bridgehead atoms. The molecule has 1 heterocycles. The van der Waals surface area contributed by atoms with Crippen molar-refractivity contribution in [1.29, 1.82) is 0 Å². The van der Waals surface area contributed by atoms with E-state index in [1.807, 2.05) is 24.8 Å². The van der Waals surface area contributed by atoms with Crippen LogP contribution in [0.3, 0.4) is 0 Å². The second-order valence-electron chi connectivity index (χ2n) is 5.42. The van der Waals surface area contributed by atoms with Gasteiger partial charge >= 0.3 is 0 Å². The van der Waals surface area contributed by atoms with Gasteiger partial charge in [0.15, 0.2) is 0 Å². The van der Waals surface area contributed by atoms with Gasteiger partial charge in [-0.1, -0.05) is 19.9 Å². The Balaban J connectivity index is 2.36. The van der Waals surface area contributed by atoms with Gasteiger partial charge < -0.3 is 9.64 Å². The van der Waals surface area contributed by atoms with Crippen LogP contribution in [0, 0.1) is 19.8 Å². The fraction of sp³-hybridized carbons (Fsp3) is 0.533. The number of nitrogens with zero attached hydrogens (tertiary/aromatic N) is 1. The number of fused-ring (bicyclic) bond motifs is 1. The number of amides is 1. The number of aryl methyl sites for hydroxylation is 2. The van der Waals surface area contributed by atoms with Crippen molar-refractivity contribution in [3.8, 4) is 5.75 Å². The molecule has 0 N–H and O–H groups in total. The molecule has 1 aliphatic heterocycles. The van der Waals surface area contributed by atoms with Gasteiger partial charge in [-0.25, -0.2) is 0 Å². The predicted octanol–water partition coefficient (Wildman–Crippen LogP) is 3.07. The van der Waals surface area contributed by atoms with E-state index in [1.54, 1.807) is 0 Å². The van der Waals surface area contributed by atoms with Gasteiger partial charge in [0.2, 0.25) is 5.91 Å². The molecule has 3 heteroatoms. The largest absolute Gasteiger partial charge is 0.490 e. The standard InChI is InChI=1S/C15H21NO2/c1-10(2)7-14(17)16-5-6-18-13-9-11(3)8-12(4)15(13)16/h8-10H,5-7H2,1-4H3. The molecular weight excluding hydrogens is 226 g/mol. The lowest BCUT2D eigenvalue weighted by Gasteiger charge is -2.31. The topological polar surface area (TPSA) is 29.5 Å². The Morgan fingerprint density at radius 3 is 2.78 bits per heavy atom. The van der Waals surface area contributed by atoms with Crippen molar-refractivity contribution in [2.75, 3.05) is 18.1 Å². The molecule has 0 aromatic heterocycles. The molecular formula is C15H21NO2. The Morgan fingerprint density at radius 2 is 2.11 bits per heavy atom. The van der Waals surface area contributed by atoms with Crippen LogP contribution >= 0.6 is 0 Å². The van der Waals surface area contributed by atoms with Crippen molar-refractivity contribution in [1.82, 2.24) is 0 Å². The highest BCUT2D eigenvalue weighted by Gasteiger charge is 2.25. The average Bonchev–Trinajstić information content (AvgIpc) is 2.26. The number of ether oxygens (including phenoxy) is 1. The van der Waals surface area contributed by atoms with Crippen molar-refractivity contribution >= 4 is 11.6 Å². The number of carbonyl (C=O) groups is 1. The van der Waals surface area contributed by atoms with E-state index in [1.165, 1.54) is 5.56 Å². The van der Waals surface area contributed by atoms with Crippen LogP contribution in [0.2, 0.25) is 0 Å². The summed E-state index contributed by atoms with van der Waals surface area (Å²) >= 11 is 0. The summed E-state index contributed by atoms with van der Waals surface area (Å²) in [5.41, 5.74) is 3.24. The van der Waals surface area contributed by atoms with Gasteiger partial charge in [0, 0.05) is 6.42 Å². The van der Waals surface area contributed by atoms with Gasteiger partial charge in [0.05, 0.1) is 12.2 Å². The Hall–Kier alpha value is -1.51. The third-order valence-corrected chi connectivity index (χ3v) is 3.14. The number of benzene rings is 1. The van der Waals surface area contributed by atoms with Crippen molar-refractivity contribution in [2.24, 2.45) is 5.92 Å². The summed E-state index contributed by atoms with van der Waals surface area (Å²) in [7, 11) is 0. The summed E-state index contributed by atoms with van der Waals surface area (Å²) in [6, 6.07) is 4.11. The van der Waals surface area contributed by atoms with Crippen LogP contribution in [0.5, 0.6) is 5.75 Å². The molecule has 0 atom stereocenters. The van der Waals surface area contributed by atoms with Gasteiger partial charge in [-0.15, -0.1) is 0 Å². The molecule has 0 unspecified atom stereocenters. The minimum absolute atomic E-state index is 0.196. The smallest absolute Gasteiger partial charge is 0.227 e. The van der Waals surface area contributed by atoms with E-state index in [0.717, 1.165) is 17.0 Å². The van der Waals surface area contributed by atoms with Crippen LogP contribution in [-0.2, 0) is 4.79 Å². The van der Waals surface area contributed by atoms with Crippen molar-refractivity contribution in [3.63, 3.8) is 0 Å². The molecule has 1 aromatic carbocycles. The third-order valence-electron chi connectivity index (χ3n) is 3.14. The highest BCUT2D eigenvalue weighted by Crippen LogP contribution is 2.36. The minimum atomic E-state index is 0.196. The molecule has 0 aliphatic carbocycles. The Kier molecular flexibility index (Phi) is 3.60. The average molecular weight is 247 g/mol. The first kappa shape index (κ1) is 12.9. The van der Waals surface area contributed by atoms with E-state index >= 15 is 0 Å². The molecule has 0 saturated heterocycles. The quantitative estimate of drug-likeness (QED) is 0.803. The predicted molar refractivity (Wildman–Crippen MR) is 73.2 cm³/mol. The molecule has 98 valence electrons. The Labute approximate surface area is 109 Å². The summed E-state index contributed by atoms with van der Waals surface area (Å²) in [6.45, 7) is 9.46. The number of hydrogen-bond acceptors (Lipinski definition) is 2. The zero-order chi connectivity index (χ0) is 13.3. The summed E-state index contributed by atoms with van der Waals surface area (Å²) in [6.07, 6.45) is 0.590. The monoisotopic (exact) mass is 247 g/mol. The van der Waals surface area contributed by atoms with E-state index in [2.05, 4.69) is 19.9 Å². The summed E-state index contributed by atoms with van der Waals surface area (Å²) in [5.74, 6) is 1.42. The Bertz CT molecular complexity index is 466. The molecule has 0 fully saturated rings. The van der Waals surface area contributed by atoms with Gasteiger partial charge in [-0.3, -0.25) is 4.79 Å². The van der Waals surface area contributed by atoms with Crippen LogP contribution in [0.25, 0.3) is 0 Å². The maximum atomic E-state index is 12.3. The molecule has 0 spiro atoms. The lowest BCUT2D eigenvalue weighted by atomic mass is 10.0. The van der Waals surface area contributed by atoms with Crippen LogP contribution in [0.4, 0.5) is 5.69 Å². The summed E-state index contributed by atoms with van der Waals surface area (Å²) < 4.78 is 5.68. The lowest BCUT2D eigenvalue weighted by molar-refractivity contribution is -0.119. The van der Waals surface area contributed by atoms with E-state index < -0.39 is 0 Å². The SMILES string of the molecule is Cc1cc(C)c2c(c1)OCCN2C(=O)CC(C)C. The number of hydrogen-bond donors (Lipinski definition) is 0. The first-order valence-electron chi connectivity index (χ1n) is 6.53. The molecule has 0 radical (unpaired) electrons. The molecule has 18 heavy (non-hydrogen) atoms. The highest BCUT2D eigenvalue weighted by molar-refractivity contribution is 5.96. The van der Waals surface area contributed by atoms with Gasteiger partial charge in [0.1, 0.15) is 12.4 Å². The fourth-order valence-corrected chi connectivity index (χ4v) is 2.44. The first-order valence-corrected chi connectivity index (χ1v) is 6.53. The van der Waals surface area contributed by atoms with E-state index in [9.17, 15) is 4.79 Å². The normalized spacial score (nSPS) is 14.4. The molecule has 1 aliphatic rings. The zero-order valence-corrected chi connectivity index (χ0v) is 11.6. The van der Waals surface area contributed by atoms with Crippen LogP contribution < -0.4 is 9.64 Å². The van der Waals surface area contributed by atoms with E-state index in [-0.39, 0.29) is 5.91 Å². The molecule has 1 aromatic rings. The summed E-state index contributed by atoms with van der Waals surface area (Å²) in [5, 5.41) is 0.